The Morgan fingerprint density at radius 1 is 1.40 bits per heavy atom. The van der Waals surface area contributed by atoms with E-state index >= 15 is 0 Å². The van der Waals surface area contributed by atoms with Gasteiger partial charge < -0.3 is 19.5 Å². The highest BCUT2D eigenvalue weighted by molar-refractivity contribution is 5.92. The first-order valence-corrected chi connectivity index (χ1v) is 6.77. The Labute approximate surface area is 117 Å². The molecule has 0 spiro atoms. The van der Waals surface area contributed by atoms with Gasteiger partial charge in [0.15, 0.2) is 11.5 Å². The van der Waals surface area contributed by atoms with Crippen molar-refractivity contribution in [2.45, 2.75) is 18.9 Å². The lowest BCUT2D eigenvalue weighted by atomic mass is 10.2. The molecule has 0 saturated carbocycles. The van der Waals surface area contributed by atoms with Gasteiger partial charge in [0.1, 0.15) is 0 Å². The van der Waals surface area contributed by atoms with Crippen LogP contribution in [0.1, 0.15) is 18.4 Å². The number of hydrogen-bond donors (Lipinski definition) is 1. The summed E-state index contributed by atoms with van der Waals surface area (Å²) in [6.07, 6.45) is 5.14. The van der Waals surface area contributed by atoms with Gasteiger partial charge in [-0.1, -0.05) is 6.07 Å². The molecule has 5 heteroatoms. The summed E-state index contributed by atoms with van der Waals surface area (Å²) in [7, 11) is 0. The summed E-state index contributed by atoms with van der Waals surface area (Å²) < 4.78 is 10.5. The fourth-order valence-corrected chi connectivity index (χ4v) is 2.60. The van der Waals surface area contributed by atoms with Crippen LogP contribution in [0.5, 0.6) is 11.5 Å². The first kappa shape index (κ1) is 13.0. The van der Waals surface area contributed by atoms with Gasteiger partial charge in [0, 0.05) is 12.6 Å². The van der Waals surface area contributed by atoms with E-state index in [1.54, 1.807) is 17.1 Å². The third-order valence-electron chi connectivity index (χ3n) is 3.69. The van der Waals surface area contributed by atoms with E-state index in [2.05, 4.69) is 0 Å². The summed E-state index contributed by atoms with van der Waals surface area (Å²) in [5, 5.41) is 9.23. The zero-order valence-electron chi connectivity index (χ0n) is 11.1. The van der Waals surface area contributed by atoms with Gasteiger partial charge in [0.2, 0.25) is 12.7 Å². The minimum Gasteiger partial charge on any atom is -0.454 e. The Kier molecular flexibility index (Phi) is 3.60. The maximum Gasteiger partial charge on any atom is 0.246 e. The quantitative estimate of drug-likeness (QED) is 0.847. The molecule has 0 bridgehead atoms. The number of likely N-dealkylation sites (tertiary alicyclic amines) is 1. The maximum atomic E-state index is 12.1. The van der Waals surface area contributed by atoms with Gasteiger partial charge in [-0.2, -0.15) is 0 Å². The standard InChI is InChI=1S/C15H17NO4/c17-9-12-2-1-7-16(12)15(18)6-4-11-3-5-13-14(8-11)20-10-19-13/h3-6,8,12,17H,1-2,7,9-10H2. The number of amides is 1. The van der Waals surface area contributed by atoms with Crippen molar-refractivity contribution in [3.05, 3.63) is 29.8 Å². The molecule has 3 rings (SSSR count). The van der Waals surface area contributed by atoms with Crippen LogP contribution in [-0.4, -0.2) is 41.9 Å². The van der Waals surface area contributed by atoms with Crippen molar-refractivity contribution in [1.29, 1.82) is 0 Å². The van der Waals surface area contributed by atoms with Gasteiger partial charge in [0.05, 0.1) is 12.6 Å². The number of hydrogen-bond acceptors (Lipinski definition) is 4. The lowest BCUT2D eigenvalue weighted by Crippen LogP contribution is -2.36. The van der Waals surface area contributed by atoms with Crippen LogP contribution < -0.4 is 9.47 Å². The van der Waals surface area contributed by atoms with Crippen LogP contribution in [0.2, 0.25) is 0 Å². The summed E-state index contributed by atoms with van der Waals surface area (Å²) in [6, 6.07) is 5.52. The monoisotopic (exact) mass is 275 g/mol. The molecule has 1 saturated heterocycles. The molecule has 1 fully saturated rings. The highest BCUT2D eigenvalue weighted by atomic mass is 16.7. The average Bonchev–Trinajstić information content (AvgIpc) is 3.12. The number of aliphatic hydroxyl groups excluding tert-OH is 1. The second kappa shape index (κ2) is 5.54. The highest BCUT2D eigenvalue weighted by Crippen LogP contribution is 2.32. The molecule has 2 aliphatic heterocycles. The smallest absolute Gasteiger partial charge is 0.246 e. The molecular weight excluding hydrogens is 258 g/mol. The Balaban J connectivity index is 1.69. The average molecular weight is 275 g/mol. The first-order valence-electron chi connectivity index (χ1n) is 6.77. The second-order valence-electron chi connectivity index (χ2n) is 4.96. The largest absolute Gasteiger partial charge is 0.454 e. The number of carbonyl (C=O) groups excluding carboxylic acids is 1. The van der Waals surface area contributed by atoms with Crippen molar-refractivity contribution in [2.24, 2.45) is 0 Å². The van der Waals surface area contributed by atoms with E-state index in [0.717, 1.165) is 30.7 Å². The van der Waals surface area contributed by atoms with Crippen LogP contribution in [0.25, 0.3) is 6.08 Å². The SMILES string of the molecule is O=C(C=Cc1ccc2c(c1)OCO2)N1CCCC1CO. The number of benzene rings is 1. The molecule has 2 heterocycles. The summed E-state index contributed by atoms with van der Waals surface area (Å²) in [5.74, 6) is 1.38. The van der Waals surface area contributed by atoms with E-state index in [1.165, 1.54) is 0 Å². The van der Waals surface area contributed by atoms with E-state index < -0.39 is 0 Å². The van der Waals surface area contributed by atoms with Crippen LogP contribution in [0.15, 0.2) is 24.3 Å². The summed E-state index contributed by atoms with van der Waals surface area (Å²) in [6.45, 7) is 0.993. The van der Waals surface area contributed by atoms with Gasteiger partial charge >= 0.3 is 0 Å². The maximum absolute atomic E-state index is 12.1. The van der Waals surface area contributed by atoms with Crippen molar-refractivity contribution < 1.29 is 19.4 Å². The molecule has 20 heavy (non-hydrogen) atoms. The molecule has 2 aliphatic rings. The number of rotatable bonds is 3. The number of fused-ring (bicyclic) bond motifs is 1. The van der Waals surface area contributed by atoms with Crippen LogP contribution in [0.3, 0.4) is 0 Å². The number of nitrogens with zero attached hydrogens (tertiary/aromatic N) is 1. The molecule has 0 radical (unpaired) electrons. The number of ether oxygens (including phenoxy) is 2. The number of carbonyl (C=O) groups is 1. The van der Waals surface area contributed by atoms with E-state index in [4.69, 9.17) is 9.47 Å². The second-order valence-corrected chi connectivity index (χ2v) is 4.96. The van der Waals surface area contributed by atoms with E-state index in [9.17, 15) is 9.90 Å². The Morgan fingerprint density at radius 3 is 3.10 bits per heavy atom. The molecule has 106 valence electrons. The normalized spacial score (nSPS) is 20.9. The Bertz CT molecular complexity index is 541. The van der Waals surface area contributed by atoms with Crippen LogP contribution in [0, 0.1) is 0 Å². The summed E-state index contributed by atoms with van der Waals surface area (Å²) in [4.78, 5) is 13.8. The van der Waals surface area contributed by atoms with Crippen molar-refractivity contribution in [3.8, 4) is 11.5 Å². The van der Waals surface area contributed by atoms with E-state index in [-0.39, 0.29) is 25.3 Å². The van der Waals surface area contributed by atoms with Gasteiger partial charge in [0.25, 0.3) is 0 Å². The molecule has 1 atom stereocenters. The third-order valence-corrected chi connectivity index (χ3v) is 3.69. The minimum absolute atomic E-state index is 0.0314. The zero-order chi connectivity index (χ0) is 13.9. The molecule has 5 nitrogen and oxygen atoms in total. The predicted molar refractivity (Wildman–Crippen MR) is 73.4 cm³/mol. The fraction of sp³-hybridized carbons (Fsp3) is 0.400. The molecule has 1 amide bonds. The first-order chi connectivity index (χ1) is 9.78. The molecule has 1 unspecified atom stereocenters. The highest BCUT2D eigenvalue weighted by Gasteiger charge is 2.26. The molecule has 1 aromatic carbocycles. The van der Waals surface area contributed by atoms with E-state index in [0.29, 0.717) is 5.75 Å². The molecule has 1 aromatic rings. The topological polar surface area (TPSA) is 59.0 Å². The molecular formula is C15H17NO4. The van der Waals surface area contributed by atoms with E-state index in [1.807, 2.05) is 18.2 Å². The van der Waals surface area contributed by atoms with Crippen LogP contribution >= 0.6 is 0 Å². The predicted octanol–water partition coefficient (Wildman–Crippen LogP) is 1.41. The van der Waals surface area contributed by atoms with Gasteiger partial charge in [-0.15, -0.1) is 0 Å². The lowest BCUT2D eigenvalue weighted by Gasteiger charge is -2.21. The van der Waals surface area contributed by atoms with Crippen LogP contribution in [0.4, 0.5) is 0 Å². The van der Waals surface area contributed by atoms with Crippen LogP contribution in [-0.2, 0) is 4.79 Å². The third kappa shape index (κ3) is 2.49. The van der Waals surface area contributed by atoms with Gasteiger partial charge in [-0.3, -0.25) is 4.79 Å². The van der Waals surface area contributed by atoms with Gasteiger partial charge in [-0.25, -0.2) is 0 Å². The van der Waals surface area contributed by atoms with Crippen molar-refractivity contribution in [1.82, 2.24) is 4.90 Å². The minimum atomic E-state index is -0.0563. The number of aliphatic hydroxyl groups is 1. The lowest BCUT2D eigenvalue weighted by molar-refractivity contribution is -0.127. The zero-order valence-corrected chi connectivity index (χ0v) is 11.1. The van der Waals surface area contributed by atoms with Crippen molar-refractivity contribution in [2.75, 3.05) is 19.9 Å². The fourth-order valence-electron chi connectivity index (χ4n) is 2.60. The Hall–Kier alpha value is -2.01. The summed E-state index contributed by atoms with van der Waals surface area (Å²) >= 11 is 0. The van der Waals surface area contributed by atoms with Crippen molar-refractivity contribution >= 4 is 12.0 Å². The molecule has 0 aliphatic carbocycles. The van der Waals surface area contributed by atoms with Crippen molar-refractivity contribution in [3.63, 3.8) is 0 Å². The Morgan fingerprint density at radius 2 is 2.25 bits per heavy atom. The molecule has 0 aromatic heterocycles. The summed E-state index contributed by atoms with van der Waals surface area (Å²) in [5.41, 5.74) is 0.891. The van der Waals surface area contributed by atoms with Gasteiger partial charge in [-0.05, 0) is 36.6 Å². The molecule has 1 N–H and O–H groups in total.